The Morgan fingerprint density at radius 3 is 2.30 bits per heavy atom. The lowest BCUT2D eigenvalue weighted by molar-refractivity contribution is -0.122. The van der Waals surface area contributed by atoms with Gasteiger partial charge in [-0.25, -0.2) is 12.7 Å². The third-order valence-electron chi connectivity index (χ3n) is 4.49. The SMILES string of the molecule is COc1cc(C(C)=O)ccc1OC(C)C(=O)Nc1cc(S(=O)(=O)N(C)C)ccc1C. The molecule has 0 spiro atoms. The van der Waals surface area contributed by atoms with E-state index in [-0.39, 0.29) is 10.7 Å². The lowest BCUT2D eigenvalue weighted by Crippen LogP contribution is -2.30. The fourth-order valence-corrected chi connectivity index (χ4v) is 3.50. The largest absolute Gasteiger partial charge is 0.493 e. The van der Waals surface area contributed by atoms with Crippen LogP contribution < -0.4 is 14.8 Å². The molecule has 2 rings (SSSR count). The summed E-state index contributed by atoms with van der Waals surface area (Å²) < 4.78 is 36.8. The molecule has 0 radical (unpaired) electrons. The van der Waals surface area contributed by atoms with Crippen LogP contribution >= 0.6 is 0 Å². The van der Waals surface area contributed by atoms with Crippen molar-refractivity contribution in [2.75, 3.05) is 26.5 Å². The first kappa shape index (κ1) is 23.4. The number of sulfonamides is 1. The van der Waals surface area contributed by atoms with E-state index in [4.69, 9.17) is 9.47 Å². The van der Waals surface area contributed by atoms with Gasteiger partial charge in [0.25, 0.3) is 5.91 Å². The summed E-state index contributed by atoms with van der Waals surface area (Å²) in [6, 6.07) is 9.22. The van der Waals surface area contributed by atoms with Gasteiger partial charge in [-0.15, -0.1) is 0 Å². The van der Waals surface area contributed by atoms with Crippen LogP contribution in [0.2, 0.25) is 0 Å². The van der Waals surface area contributed by atoms with Crippen LogP contribution in [0.4, 0.5) is 5.69 Å². The average molecular weight is 435 g/mol. The number of carbonyl (C=O) groups is 2. The number of aryl methyl sites for hydroxylation is 1. The molecule has 0 saturated carbocycles. The molecule has 30 heavy (non-hydrogen) atoms. The Bertz CT molecular complexity index is 1060. The lowest BCUT2D eigenvalue weighted by Gasteiger charge is -2.18. The molecular formula is C21H26N2O6S. The van der Waals surface area contributed by atoms with Gasteiger partial charge in [0.15, 0.2) is 23.4 Å². The van der Waals surface area contributed by atoms with Gasteiger partial charge in [0.2, 0.25) is 10.0 Å². The Balaban J connectivity index is 2.22. The molecule has 2 aromatic carbocycles. The number of rotatable bonds is 8. The summed E-state index contributed by atoms with van der Waals surface area (Å²) in [5.41, 5.74) is 1.54. The molecule has 0 heterocycles. The van der Waals surface area contributed by atoms with Crippen LogP contribution in [-0.2, 0) is 14.8 Å². The van der Waals surface area contributed by atoms with Crippen molar-refractivity contribution in [3.8, 4) is 11.5 Å². The van der Waals surface area contributed by atoms with Crippen LogP contribution in [0.15, 0.2) is 41.3 Å². The Morgan fingerprint density at radius 2 is 1.73 bits per heavy atom. The second kappa shape index (κ2) is 9.27. The van der Waals surface area contributed by atoms with Crippen molar-refractivity contribution in [1.82, 2.24) is 4.31 Å². The number of nitrogens with one attached hydrogen (secondary N) is 1. The average Bonchev–Trinajstić information content (AvgIpc) is 2.69. The van der Waals surface area contributed by atoms with Gasteiger partial charge in [0.1, 0.15) is 0 Å². The minimum absolute atomic E-state index is 0.0727. The number of nitrogens with zero attached hydrogens (tertiary/aromatic N) is 1. The molecule has 0 aliphatic rings. The summed E-state index contributed by atoms with van der Waals surface area (Å²) >= 11 is 0. The molecule has 162 valence electrons. The standard InChI is InChI=1S/C21H26N2O6S/c1-13-7-9-17(30(26,27)23(4)5)12-18(13)22-21(25)15(3)29-19-10-8-16(14(2)24)11-20(19)28-6/h7-12,15H,1-6H3,(H,22,25). The van der Waals surface area contributed by atoms with Gasteiger partial charge in [-0.2, -0.15) is 0 Å². The van der Waals surface area contributed by atoms with E-state index in [1.807, 2.05) is 0 Å². The van der Waals surface area contributed by atoms with E-state index in [0.29, 0.717) is 28.3 Å². The normalized spacial score (nSPS) is 12.4. The Labute approximate surface area is 176 Å². The van der Waals surface area contributed by atoms with Gasteiger partial charge in [-0.1, -0.05) is 6.07 Å². The van der Waals surface area contributed by atoms with E-state index in [2.05, 4.69) is 5.32 Å². The van der Waals surface area contributed by atoms with Gasteiger partial charge in [0, 0.05) is 25.3 Å². The minimum atomic E-state index is -3.63. The molecule has 0 bridgehead atoms. The van der Waals surface area contributed by atoms with E-state index in [1.165, 1.54) is 40.3 Å². The summed E-state index contributed by atoms with van der Waals surface area (Å²) in [4.78, 5) is 24.2. The quantitative estimate of drug-likeness (QED) is 0.641. The molecule has 2 aromatic rings. The Hall–Kier alpha value is -2.91. The molecule has 1 unspecified atom stereocenters. The molecule has 0 aliphatic carbocycles. The number of carbonyl (C=O) groups excluding carboxylic acids is 2. The maximum atomic E-state index is 12.6. The number of ether oxygens (including phenoxy) is 2. The monoisotopic (exact) mass is 434 g/mol. The van der Waals surface area contributed by atoms with Crippen LogP contribution in [0.1, 0.15) is 29.8 Å². The smallest absolute Gasteiger partial charge is 0.265 e. The summed E-state index contributed by atoms with van der Waals surface area (Å²) in [7, 11) is 0.684. The highest BCUT2D eigenvalue weighted by molar-refractivity contribution is 7.89. The Morgan fingerprint density at radius 1 is 1.07 bits per heavy atom. The van der Waals surface area contributed by atoms with Crippen molar-refractivity contribution >= 4 is 27.4 Å². The van der Waals surface area contributed by atoms with E-state index in [0.717, 1.165) is 4.31 Å². The first-order valence-electron chi connectivity index (χ1n) is 9.17. The van der Waals surface area contributed by atoms with E-state index in [9.17, 15) is 18.0 Å². The van der Waals surface area contributed by atoms with Gasteiger partial charge in [0.05, 0.1) is 12.0 Å². The highest BCUT2D eigenvalue weighted by Gasteiger charge is 2.21. The van der Waals surface area contributed by atoms with Crippen molar-refractivity contribution in [3.05, 3.63) is 47.5 Å². The maximum Gasteiger partial charge on any atom is 0.265 e. The van der Waals surface area contributed by atoms with Crippen LogP contribution in [0.3, 0.4) is 0 Å². The van der Waals surface area contributed by atoms with Crippen LogP contribution in [0.25, 0.3) is 0 Å². The number of benzene rings is 2. The minimum Gasteiger partial charge on any atom is -0.493 e. The number of amides is 1. The zero-order valence-corrected chi connectivity index (χ0v) is 18.7. The molecular weight excluding hydrogens is 408 g/mol. The van der Waals surface area contributed by atoms with Crippen LogP contribution in [0, 0.1) is 6.92 Å². The predicted octanol–water partition coefficient (Wildman–Crippen LogP) is 2.86. The van der Waals surface area contributed by atoms with Crippen molar-refractivity contribution in [1.29, 1.82) is 0 Å². The molecule has 0 aliphatic heterocycles. The third-order valence-corrected chi connectivity index (χ3v) is 6.30. The highest BCUT2D eigenvalue weighted by Crippen LogP contribution is 2.29. The first-order chi connectivity index (χ1) is 14.0. The van der Waals surface area contributed by atoms with Gasteiger partial charge >= 0.3 is 0 Å². The third kappa shape index (κ3) is 5.17. The fourth-order valence-electron chi connectivity index (χ4n) is 2.57. The van der Waals surface area contributed by atoms with Gasteiger partial charge in [-0.05, 0) is 56.7 Å². The molecule has 1 N–H and O–H groups in total. The molecule has 0 fully saturated rings. The van der Waals surface area contributed by atoms with Crippen molar-refractivity contribution < 1.29 is 27.5 Å². The second-order valence-electron chi connectivity index (χ2n) is 6.94. The second-order valence-corrected chi connectivity index (χ2v) is 9.09. The van der Waals surface area contributed by atoms with E-state index >= 15 is 0 Å². The summed E-state index contributed by atoms with van der Waals surface area (Å²) in [6.45, 7) is 4.76. The summed E-state index contributed by atoms with van der Waals surface area (Å²) in [5.74, 6) is 0.0623. The maximum absolute atomic E-state index is 12.6. The molecule has 8 nitrogen and oxygen atoms in total. The lowest BCUT2D eigenvalue weighted by atomic mass is 10.1. The van der Waals surface area contributed by atoms with Crippen molar-refractivity contribution in [2.45, 2.75) is 31.8 Å². The number of hydrogen-bond acceptors (Lipinski definition) is 6. The number of hydrogen-bond donors (Lipinski definition) is 1. The zero-order chi connectivity index (χ0) is 22.6. The van der Waals surface area contributed by atoms with E-state index < -0.39 is 22.0 Å². The number of anilines is 1. The molecule has 9 heteroatoms. The molecule has 0 saturated heterocycles. The van der Waals surface area contributed by atoms with Gasteiger partial charge in [-0.3, -0.25) is 9.59 Å². The van der Waals surface area contributed by atoms with Crippen LogP contribution in [-0.4, -0.2) is 51.7 Å². The Kier molecular flexibility index (Phi) is 7.22. The van der Waals surface area contributed by atoms with Gasteiger partial charge < -0.3 is 14.8 Å². The van der Waals surface area contributed by atoms with Crippen molar-refractivity contribution in [3.63, 3.8) is 0 Å². The number of methoxy groups -OCH3 is 1. The van der Waals surface area contributed by atoms with E-state index in [1.54, 1.807) is 38.1 Å². The van der Waals surface area contributed by atoms with Crippen LogP contribution in [0.5, 0.6) is 11.5 Å². The molecule has 0 aromatic heterocycles. The summed E-state index contributed by atoms with van der Waals surface area (Å²) in [6.07, 6.45) is -0.907. The predicted molar refractivity (Wildman–Crippen MR) is 114 cm³/mol. The van der Waals surface area contributed by atoms with Crippen molar-refractivity contribution in [2.24, 2.45) is 0 Å². The summed E-state index contributed by atoms with van der Waals surface area (Å²) in [5, 5.41) is 2.71. The molecule has 1 amide bonds. The molecule has 1 atom stereocenters. The fraction of sp³-hybridized carbons (Fsp3) is 0.333. The number of Topliss-reactive ketones (excluding diaryl/α,β-unsaturated/α-hetero) is 1. The highest BCUT2D eigenvalue weighted by atomic mass is 32.2. The number of ketones is 1. The zero-order valence-electron chi connectivity index (χ0n) is 17.8. The first-order valence-corrected chi connectivity index (χ1v) is 10.6. The topological polar surface area (TPSA) is 102 Å².